The molecule has 1 aromatic heterocycles. The van der Waals surface area contributed by atoms with Crippen molar-refractivity contribution in [3.8, 4) is 5.75 Å². The zero-order chi connectivity index (χ0) is 18.0. The van der Waals surface area contributed by atoms with E-state index in [1.54, 1.807) is 20.1 Å². The van der Waals surface area contributed by atoms with Gasteiger partial charge < -0.3 is 14.6 Å². The van der Waals surface area contributed by atoms with Gasteiger partial charge in [-0.25, -0.2) is 0 Å². The first kappa shape index (κ1) is 16.8. The van der Waals surface area contributed by atoms with Crippen LogP contribution in [0.25, 0.3) is 10.9 Å². The summed E-state index contributed by atoms with van der Waals surface area (Å²) in [4.78, 5) is 24.5. The summed E-state index contributed by atoms with van der Waals surface area (Å²) >= 11 is 0. The number of nitrogens with one attached hydrogen (secondary N) is 1. The standard InChI is InChI=1S/C20H20N2O3/c1-13-20(14(2)23)17-9-4-5-10-18(17)22(13)12-19(24)21-15-7-6-8-16(11-15)25-3/h4-11H,12H2,1-3H3,(H,21,24). The molecule has 0 bridgehead atoms. The Morgan fingerprint density at radius 2 is 1.88 bits per heavy atom. The van der Waals surface area contributed by atoms with E-state index in [0.29, 0.717) is 17.0 Å². The summed E-state index contributed by atoms with van der Waals surface area (Å²) in [5, 5.41) is 3.75. The first-order chi connectivity index (χ1) is 12.0. The number of para-hydroxylation sites is 1. The molecule has 5 heteroatoms. The molecule has 0 aliphatic rings. The number of benzene rings is 2. The Kier molecular flexibility index (Phi) is 4.57. The van der Waals surface area contributed by atoms with Crippen LogP contribution >= 0.6 is 0 Å². The molecule has 25 heavy (non-hydrogen) atoms. The Morgan fingerprint density at radius 1 is 1.12 bits per heavy atom. The number of methoxy groups -OCH3 is 1. The Hall–Kier alpha value is -3.08. The maximum absolute atomic E-state index is 12.5. The van der Waals surface area contributed by atoms with Gasteiger partial charge in [0.1, 0.15) is 12.3 Å². The maximum atomic E-state index is 12.5. The number of Topliss-reactive ketones (excluding diaryl/α,β-unsaturated/α-hetero) is 1. The van der Waals surface area contributed by atoms with E-state index in [-0.39, 0.29) is 18.2 Å². The lowest BCUT2D eigenvalue weighted by Gasteiger charge is -2.10. The van der Waals surface area contributed by atoms with Gasteiger partial charge in [0, 0.05) is 33.9 Å². The predicted molar refractivity (Wildman–Crippen MR) is 98.3 cm³/mol. The molecule has 0 spiro atoms. The Bertz CT molecular complexity index is 957. The Morgan fingerprint density at radius 3 is 2.60 bits per heavy atom. The third-order valence-corrected chi connectivity index (χ3v) is 4.24. The summed E-state index contributed by atoms with van der Waals surface area (Å²) < 4.78 is 7.04. The molecule has 5 nitrogen and oxygen atoms in total. The van der Waals surface area contributed by atoms with E-state index in [4.69, 9.17) is 4.74 Å². The molecule has 0 aliphatic carbocycles. The molecule has 0 unspecified atom stereocenters. The molecule has 1 heterocycles. The fraction of sp³-hybridized carbons (Fsp3) is 0.200. The highest BCUT2D eigenvalue weighted by Gasteiger charge is 2.18. The van der Waals surface area contributed by atoms with Crippen LogP contribution in [0, 0.1) is 6.92 Å². The van der Waals surface area contributed by atoms with E-state index in [2.05, 4.69) is 5.32 Å². The number of aromatic nitrogens is 1. The first-order valence-corrected chi connectivity index (χ1v) is 8.04. The lowest BCUT2D eigenvalue weighted by atomic mass is 10.1. The molecule has 0 radical (unpaired) electrons. The van der Waals surface area contributed by atoms with Crippen LogP contribution in [0.3, 0.4) is 0 Å². The van der Waals surface area contributed by atoms with Gasteiger partial charge in [-0.3, -0.25) is 9.59 Å². The zero-order valence-corrected chi connectivity index (χ0v) is 14.5. The van der Waals surface area contributed by atoms with Crippen molar-refractivity contribution in [3.63, 3.8) is 0 Å². The molecule has 128 valence electrons. The van der Waals surface area contributed by atoms with Crippen molar-refractivity contribution < 1.29 is 14.3 Å². The van der Waals surface area contributed by atoms with Gasteiger partial charge in [0.25, 0.3) is 0 Å². The van der Waals surface area contributed by atoms with Gasteiger partial charge in [0.15, 0.2) is 5.78 Å². The lowest BCUT2D eigenvalue weighted by molar-refractivity contribution is -0.116. The molecular weight excluding hydrogens is 316 g/mol. The highest BCUT2D eigenvalue weighted by Crippen LogP contribution is 2.26. The minimum absolute atomic E-state index is 0.000605. The number of ketones is 1. The van der Waals surface area contributed by atoms with Crippen LogP contribution in [0.1, 0.15) is 23.0 Å². The quantitative estimate of drug-likeness (QED) is 0.721. The van der Waals surface area contributed by atoms with Crippen molar-refractivity contribution in [3.05, 3.63) is 59.8 Å². The second kappa shape index (κ2) is 6.81. The summed E-state index contributed by atoms with van der Waals surface area (Å²) in [5.41, 5.74) is 3.02. The molecule has 1 N–H and O–H groups in total. The molecule has 0 saturated carbocycles. The Balaban J connectivity index is 1.91. The minimum atomic E-state index is -0.160. The molecule has 3 aromatic rings. The molecule has 2 aromatic carbocycles. The number of nitrogens with zero attached hydrogens (tertiary/aromatic N) is 1. The number of ether oxygens (including phenoxy) is 1. The van der Waals surface area contributed by atoms with Crippen molar-refractivity contribution in [1.82, 2.24) is 4.57 Å². The average Bonchev–Trinajstić information content (AvgIpc) is 2.87. The van der Waals surface area contributed by atoms with Crippen LogP contribution in [-0.2, 0) is 11.3 Å². The van der Waals surface area contributed by atoms with Gasteiger partial charge in [0.05, 0.1) is 7.11 Å². The Labute approximate surface area is 146 Å². The third-order valence-electron chi connectivity index (χ3n) is 4.24. The van der Waals surface area contributed by atoms with Crippen LogP contribution in [0.2, 0.25) is 0 Å². The van der Waals surface area contributed by atoms with Crippen LogP contribution in [-0.4, -0.2) is 23.4 Å². The van der Waals surface area contributed by atoms with Crippen molar-refractivity contribution in [1.29, 1.82) is 0 Å². The normalized spacial score (nSPS) is 10.7. The number of rotatable bonds is 5. The second-order valence-electron chi connectivity index (χ2n) is 5.90. The summed E-state index contributed by atoms with van der Waals surface area (Å²) in [6.07, 6.45) is 0. The number of hydrogen-bond donors (Lipinski definition) is 1. The largest absolute Gasteiger partial charge is 0.497 e. The van der Waals surface area contributed by atoms with Gasteiger partial charge in [-0.05, 0) is 32.0 Å². The molecule has 1 amide bonds. The number of amides is 1. The molecular formula is C20H20N2O3. The van der Waals surface area contributed by atoms with Crippen molar-refractivity contribution >= 4 is 28.3 Å². The van der Waals surface area contributed by atoms with Gasteiger partial charge in [-0.1, -0.05) is 24.3 Å². The lowest BCUT2D eigenvalue weighted by Crippen LogP contribution is -2.19. The number of hydrogen-bond acceptors (Lipinski definition) is 3. The van der Waals surface area contributed by atoms with E-state index in [1.807, 2.05) is 54.0 Å². The molecule has 0 fully saturated rings. The molecule has 0 atom stereocenters. The minimum Gasteiger partial charge on any atom is -0.497 e. The zero-order valence-electron chi connectivity index (χ0n) is 14.5. The van der Waals surface area contributed by atoms with Gasteiger partial charge in [-0.2, -0.15) is 0 Å². The predicted octanol–water partition coefficient (Wildman–Crippen LogP) is 3.80. The van der Waals surface area contributed by atoms with Gasteiger partial charge in [0.2, 0.25) is 5.91 Å². The number of anilines is 1. The summed E-state index contributed by atoms with van der Waals surface area (Å²) in [6, 6.07) is 14.8. The molecule has 0 aliphatic heterocycles. The van der Waals surface area contributed by atoms with Crippen LogP contribution in [0.4, 0.5) is 5.69 Å². The van der Waals surface area contributed by atoms with Gasteiger partial charge >= 0.3 is 0 Å². The van der Waals surface area contributed by atoms with Crippen molar-refractivity contribution in [2.45, 2.75) is 20.4 Å². The van der Waals surface area contributed by atoms with E-state index < -0.39 is 0 Å². The topological polar surface area (TPSA) is 60.3 Å². The van der Waals surface area contributed by atoms with Crippen LogP contribution < -0.4 is 10.1 Å². The van der Waals surface area contributed by atoms with Gasteiger partial charge in [-0.15, -0.1) is 0 Å². The number of fused-ring (bicyclic) bond motifs is 1. The van der Waals surface area contributed by atoms with E-state index in [9.17, 15) is 9.59 Å². The third kappa shape index (κ3) is 3.26. The maximum Gasteiger partial charge on any atom is 0.244 e. The van der Waals surface area contributed by atoms with Crippen LogP contribution in [0.5, 0.6) is 5.75 Å². The van der Waals surface area contributed by atoms with Crippen LogP contribution in [0.15, 0.2) is 48.5 Å². The van der Waals surface area contributed by atoms with E-state index in [0.717, 1.165) is 16.6 Å². The number of carbonyl (C=O) groups is 2. The highest BCUT2D eigenvalue weighted by molar-refractivity contribution is 6.08. The summed E-state index contributed by atoms with van der Waals surface area (Å²) in [6.45, 7) is 3.56. The van der Waals surface area contributed by atoms with E-state index in [1.165, 1.54) is 0 Å². The fourth-order valence-electron chi connectivity index (χ4n) is 3.12. The highest BCUT2D eigenvalue weighted by atomic mass is 16.5. The number of carbonyl (C=O) groups excluding carboxylic acids is 2. The average molecular weight is 336 g/mol. The SMILES string of the molecule is COc1cccc(NC(=O)Cn2c(C)c(C(C)=O)c3ccccc32)c1. The fourth-order valence-corrected chi connectivity index (χ4v) is 3.12. The molecule has 3 rings (SSSR count). The van der Waals surface area contributed by atoms with Crippen molar-refractivity contribution in [2.75, 3.05) is 12.4 Å². The smallest absolute Gasteiger partial charge is 0.244 e. The summed E-state index contributed by atoms with van der Waals surface area (Å²) in [5.74, 6) is 0.520. The first-order valence-electron chi connectivity index (χ1n) is 8.04. The molecule has 0 saturated heterocycles. The van der Waals surface area contributed by atoms with Crippen molar-refractivity contribution in [2.24, 2.45) is 0 Å². The second-order valence-corrected chi connectivity index (χ2v) is 5.90. The summed E-state index contributed by atoms with van der Waals surface area (Å²) in [7, 11) is 1.58. The monoisotopic (exact) mass is 336 g/mol. The van der Waals surface area contributed by atoms with E-state index >= 15 is 0 Å².